The maximum atomic E-state index is 12.3. The van der Waals surface area contributed by atoms with E-state index in [9.17, 15) is 14.4 Å². The van der Waals surface area contributed by atoms with Crippen LogP contribution < -0.4 is 10.6 Å². The molecule has 6 heteroatoms. The Morgan fingerprint density at radius 2 is 1.35 bits per heavy atom. The fraction of sp³-hybridized carbons (Fsp3) is 0.160. The average Bonchev–Trinajstić information content (AvgIpc) is 3.65. The van der Waals surface area contributed by atoms with E-state index in [1.807, 2.05) is 30.3 Å². The van der Waals surface area contributed by atoms with Crippen LogP contribution >= 0.6 is 0 Å². The molecule has 0 bridgehead atoms. The largest absolute Gasteiger partial charge is 0.457 e. The molecule has 0 aliphatic heterocycles. The summed E-state index contributed by atoms with van der Waals surface area (Å²) >= 11 is 0. The lowest BCUT2D eigenvalue weighted by molar-refractivity contribution is -0.117. The number of nitrogens with one attached hydrogen (secondary N) is 2. The number of ether oxygens (including phenoxy) is 1. The fourth-order valence-electron chi connectivity index (χ4n) is 2.99. The van der Waals surface area contributed by atoms with Gasteiger partial charge in [-0.25, -0.2) is 4.79 Å². The topological polar surface area (TPSA) is 84.5 Å². The van der Waals surface area contributed by atoms with Crippen molar-refractivity contribution in [2.75, 3.05) is 10.6 Å². The Labute approximate surface area is 180 Å². The van der Waals surface area contributed by atoms with Gasteiger partial charge in [-0.2, -0.15) is 0 Å². The van der Waals surface area contributed by atoms with Gasteiger partial charge in [0.05, 0.1) is 5.56 Å². The van der Waals surface area contributed by atoms with Gasteiger partial charge < -0.3 is 15.4 Å². The van der Waals surface area contributed by atoms with E-state index in [0.717, 1.165) is 24.1 Å². The van der Waals surface area contributed by atoms with Crippen LogP contribution in [0.1, 0.15) is 39.1 Å². The van der Waals surface area contributed by atoms with Gasteiger partial charge in [-0.3, -0.25) is 9.59 Å². The second-order valence-electron chi connectivity index (χ2n) is 7.43. The van der Waals surface area contributed by atoms with Gasteiger partial charge in [-0.05, 0) is 66.9 Å². The Morgan fingerprint density at radius 1 is 0.742 bits per heavy atom. The number of hydrogen-bond donors (Lipinski definition) is 2. The number of benzene rings is 3. The summed E-state index contributed by atoms with van der Waals surface area (Å²) in [5.74, 6) is -0.508. The molecule has 156 valence electrons. The van der Waals surface area contributed by atoms with Gasteiger partial charge in [0.25, 0.3) is 5.91 Å². The third-order valence-electron chi connectivity index (χ3n) is 4.95. The van der Waals surface area contributed by atoms with Crippen LogP contribution in [0.4, 0.5) is 11.4 Å². The van der Waals surface area contributed by atoms with Gasteiger partial charge in [-0.1, -0.05) is 30.3 Å². The van der Waals surface area contributed by atoms with Crippen molar-refractivity contribution >= 4 is 29.2 Å². The molecular formula is C25H22N2O4. The minimum atomic E-state index is -0.453. The number of esters is 1. The fourth-order valence-corrected chi connectivity index (χ4v) is 2.99. The molecule has 1 aliphatic carbocycles. The number of carbonyl (C=O) groups is 3. The molecule has 1 saturated carbocycles. The first-order valence-electron chi connectivity index (χ1n) is 10.1. The van der Waals surface area contributed by atoms with Gasteiger partial charge in [-0.15, -0.1) is 0 Å². The van der Waals surface area contributed by atoms with E-state index in [1.165, 1.54) is 0 Å². The molecule has 0 unspecified atom stereocenters. The number of hydrogen-bond acceptors (Lipinski definition) is 4. The minimum Gasteiger partial charge on any atom is -0.457 e. The van der Waals surface area contributed by atoms with Crippen LogP contribution in [-0.2, 0) is 16.1 Å². The van der Waals surface area contributed by atoms with Gasteiger partial charge in [0, 0.05) is 22.9 Å². The molecule has 1 fully saturated rings. The van der Waals surface area contributed by atoms with Crippen molar-refractivity contribution in [1.29, 1.82) is 0 Å². The molecule has 0 radical (unpaired) electrons. The van der Waals surface area contributed by atoms with E-state index < -0.39 is 5.97 Å². The van der Waals surface area contributed by atoms with Crippen molar-refractivity contribution < 1.29 is 19.1 Å². The zero-order chi connectivity index (χ0) is 21.6. The van der Waals surface area contributed by atoms with Crippen LogP contribution in [0.2, 0.25) is 0 Å². The number of anilines is 2. The maximum Gasteiger partial charge on any atom is 0.338 e. The number of carbonyl (C=O) groups excluding carboxylic acids is 3. The lowest BCUT2D eigenvalue weighted by atomic mass is 10.1. The molecule has 0 heterocycles. The van der Waals surface area contributed by atoms with E-state index in [4.69, 9.17) is 4.74 Å². The van der Waals surface area contributed by atoms with Gasteiger partial charge in [0.2, 0.25) is 5.91 Å². The molecule has 1 aliphatic rings. The van der Waals surface area contributed by atoms with Gasteiger partial charge in [0.1, 0.15) is 6.61 Å². The Hall–Kier alpha value is -3.93. The Balaban J connectivity index is 1.28. The van der Waals surface area contributed by atoms with E-state index in [-0.39, 0.29) is 24.3 Å². The van der Waals surface area contributed by atoms with Crippen molar-refractivity contribution in [3.8, 4) is 0 Å². The lowest BCUT2D eigenvalue weighted by Crippen LogP contribution is -2.13. The summed E-state index contributed by atoms with van der Waals surface area (Å²) in [6, 6.07) is 22.8. The molecule has 6 nitrogen and oxygen atoms in total. The highest BCUT2D eigenvalue weighted by molar-refractivity contribution is 6.04. The monoisotopic (exact) mass is 414 g/mol. The van der Waals surface area contributed by atoms with Crippen molar-refractivity contribution in [2.24, 2.45) is 5.92 Å². The van der Waals surface area contributed by atoms with E-state index in [1.54, 1.807) is 48.5 Å². The van der Waals surface area contributed by atoms with Crippen molar-refractivity contribution in [3.05, 3.63) is 95.6 Å². The smallest absolute Gasteiger partial charge is 0.338 e. The first-order chi connectivity index (χ1) is 15.1. The van der Waals surface area contributed by atoms with Crippen LogP contribution in [0.3, 0.4) is 0 Å². The summed E-state index contributed by atoms with van der Waals surface area (Å²) in [4.78, 5) is 36.3. The number of rotatable bonds is 7. The maximum absolute atomic E-state index is 12.3. The van der Waals surface area contributed by atoms with Crippen molar-refractivity contribution in [3.63, 3.8) is 0 Å². The van der Waals surface area contributed by atoms with Crippen molar-refractivity contribution in [1.82, 2.24) is 0 Å². The highest BCUT2D eigenvalue weighted by Gasteiger charge is 2.29. The number of para-hydroxylation sites is 1. The summed E-state index contributed by atoms with van der Waals surface area (Å²) < 4.78 is 5.35. The zero-order valence-electron chi connectivity index (χ0n) is 16.8. The molecule has 0 atom stereocenters. The molecule has 2 amide bonds. The highest BCUT2D eigenvalue weighted by atomic mass is 16.5. The first kappa shape index (κ1) is 20.3. The van der Waals surface area contributed by atoms with E-state index in [2.05, 4.69) is 10.6 Å². The number of amides is 2. The van der Waals surface area contributed by atoms with Crippen LogP contribution in [0, 0.1) is 5.92 Å². The predicted octanol–water partition coefficient (Wildman–Crippen LogP) is 4.64. The summed E-state index contributed by atoms with van der Waals surface area (Å²) in [5.41, 5.74) is 3.09. The molecule has 0 spiro atoms. The van der Waals surface area contributed by atoms with Crippen LogP contribution in [0.5, 0.6) is 0 Å². The summed E-state index contributed by atoms with van der Waals surface area (Å²) in [7, 11) is 0. The third kappa shape index (κ3) is 5.57. The normalized spacial score (nSPS) is 12.6. The average molecular weight is 414 g/mol. The molecule has 0 saturated heterocycles. The highest BCUT2D eigenvalue weighted by Crippen LogP contribution is 2.30. The van der Waals surface area contributed by atoms with Gasteiger partial charge in [0.15, 0.2) is 0 Å². The molecule has 3 aromatic carbocycles. The van der Waals surface area contributed by atoms with Crippen LogP contribution in [0.15, 0.2) is 78.9 Å². The standard InChI is InChI=1S/C25H22N2O4/c28-23(26-21-4-2-1-3-5-21)18-8-6-17(7-9-18)16-31-25(30)20-12-14-22(15-13-20)27-24(29)19-10-11-19/h1-9,12-15,19H,10-11,16H2,(H,26,28)(H,27,29). The SMILES string of the molecule is O=C(Nc1ccccc1)c1ccc(COC(=O)c2ccc(NC(=O)C3CC3)cc2)cc1. The van der Waals surface area contributed by atoms with Crippen LogP contribution in [0.25, 0.3) is 0 Å². The quantitative estimate of drug-likeness (QED) is 0.552. The second kappa shape index (κ2) is 9.26. The van der Waals surface area contributed by atoms with E-state index in [0.29, 0.717) is 16.8 Å². The molecule has 3 aromatic rings. The molecule has 4 rings (SSSR count). The lowest BCUT2D eigenvalue weighted by Gasteiger charge is -2.08. The minimum absolute atomic E-state index is 0.0243. The summed E-state index contributed by atoms with van der Waals surface area (Å²) in [6.45, 7) is 0.0968. The Kier molecular flexibility index (Phi) is 6.08. The third-order valence-corrected chi connectivity index (χ3v) is 4.95. The van der Waals surface area contributed by atoms with Gasteiger partial charge >= 0.3 is 5.97 Å². The van der Waals surface area contributed by atoms with E-state index >= 15 is 0 Å². The molecule has 0 aromatic heterocycles. The van der Waals surface area contributed by atoms with Crippen molar-refractivity contribution in [2.45, 2.75) is 19.4 Å². The summed E-state index contributed by atoms with van der Waals surface area (Å²) in [5, 5.41) is 5.66. The predicted molar refractivity (Wildman–Crippen MR) is 118 cm³/mol. The zero-order valence-corrected chi connectivity index (χ0v) is 16.8. The molecular weight excluding hydrogens is 392 g/mol. The van der Waals surface area contributed by atoms with Crippen LogP contribution in [-0.4, -0.2) is 17.8 Å². The first-order valence-corrected chi connectivity index (χ1v) is 10.1. The molecule has 31 heavy (non-hydrogen) atoms. The Bertz CT molecular complexity index is 1070. The Morgan fingerprint density at radius 3 is 2.00 bits per heavy atom. The summed E-state index contributed by atoms with van der Waals surface area (Å²) in [6.07, 6.45) is 1.88. The second-order valence-corrected chi connectivity index (χ2v) is 7.43. The molecule has 2 N–H and O–H groups in total.